The van der Waals surface area contributed by atoms with E-state index in [9.17, 15) is 0 Å². The van der Waals surface area contributed by atoms with Gasteiger partial charge in [0.1, 0.15) is 0 Å². The molecule has 0 aliphatic rings. The molecule has 2 nitrogen and oxygen atoms in total. The third kappa shape index (κ3) is 66.2. The summed E-state index contributed by atoms with van der Waals surface area (Å²) < 4.78 is 0. The van der Waals surface area contributed by atoms with Crippen LogP contribution in [0, 0.1) is 7.43 Å². The van der Waals surface area contributed by atoms with Gasteiger partial charge in [-0.1, -0.05) is 6.47 Å². The van der Waals surface area contributed by atoms with Crippen LogP contribution in [0.2, 0.25) is 0 Å². The molecule has 0 unspecified atom stereocenters. The second-order valence-corrected chi connectivity index (χ2v) is 0.0913. The third-order valence-corrected chi connectivity index (χ3v) is 0. The van der Waals surface area contributed by atoms with Gasteiger partial charge in [0, 0.05) is 0 Å². The third-order valence-electron chi connectivity index (χ3n) is 0. The first-order valence-electron chi connectivity index (χ1n) is 0.428. The monoisotopic (exact) mass is 100.0 g/mol. The Morgan fingerprint density at radius 1 is 1.60 bits per heavy atom. The molecule has 0 aromatic heterocycles. The van der Waals surface area contributed by atoms with E-state index >= 15 is 0 Å². The Bertz CT molecular complexity index is 15.1. The smallest absolute Gasteiger partial charge is 0.665 e. The average molecular weight is 100 g/mol. The molecule has 0 rings (SSSR count). The van der Waals surface area contributed by atoms with Crippen LogP contribution in [0.4, 0.5) is 0 Å². The van der Waals surface area contributed by atoms with Crippen molar-refractivity contribution in [2.75, 3.05) is 0 Å². The van der Waals surface area contributed by atoms with Gasteiger partial charge in [-0.25, -0.2) is 0 Å². The van der Waals surface area contributed by atoms with Crippen LogP contribution in [0.5, 0.6) is 0 Å². The van der Waals surface area contributed by atoms with E-state index in [1.165, 1.54) is 0 Å². The van der Waals surface area contributed by atoms with Crippen LogP contribution in [0.3, 0.4) is 0 Å². The normalized spacial score (nSPS) is 2.40. The van der Waals surface area contributed by atoms with Crippen molar-refractivity contribution in [3.8, 4) is 0 Å². The molecule has 0 saturated heterocycles. The van der Waals surface area contributed by atoms with E-state index in [1.807, 2.05) is 0 Å². The fraction of sp³-hybridized carbons (Fsp3) is 0. The zero-order valence-electron chi connectivity index (χ0n) is 3.06. The molecule has 0 fully saturated rings. The van der Waals surface area contributed by atoms with Gasteiger partial charge in [0.15, 0.2) is 0 Å². The van der Waals surface area contributed by atoms with E-state index < -0.39 is 0 Å². The molecule has 0 spiro atoms. The van der Waals surface area contributed by atoms with Crippen molar-refractivity contribution in [1.82, 2.24) is 0 Å². The predicted octanol–water partition coefficient (Wildman–Crippen LogP) is -0.319. The molecule has 0 heterocycles. The van der Waals surface area contributed by atoms with Crippen molar-refractivity contribution in [3.05, 3.63) is 7.43 Å². The summed E-state index contributed by atoms with van der Waals surface area (Å²) in [5, 5.41) is 6.76. The summed E-state index contributed by atoms with van der Waals surface area (Å²) >= 11 is 0. The van der Waals surface area contributed by atoms with Crippen LogP contribution in [0.15, 0.2) is 0 Å². The maximum Gasteiger partial charge on any atom is 2.00 e. The van der Waals surface area contributed by atoms with Gasteiger partial charge in [-0.05, 0) is 0 Å². The Morgan fingerprint density at radius 3 is 1.60 bits per heavy atom. The van der Waals surface area contributed by atoms with E-state index in [1.54, 1.807) is 0 Å². The van der Waals surface area contributed by atoms with E-state index in [-0.39, 0.29) is 45.2 Å². The molecule has 0 aromatic carbocycles. The van der Waals surface area contributed by atoms with Crippen LogP contribution < -0.4 is 0 Å². The van der Waals surface area contributed by atoms with E-state index in [4.69, 9.17) is 9.90 Å². The molecular weight excluding hydrogens is 96.1 g/mol. The van der Waals surface area contributed by atoms with Crippen LogP contribution in [-0.2, 0) is 4.79 Å². The van der Waals surface area contributed by atoms with E-state index in [2.05, 4.69) is 0 Å². The molecule has 0 aliphatic carbocycles. The number of hydrogen-bond acceptors (Lipinski definition) is 1. The Balaban J connectivity index is -0.0000000200. The minimum atomic E-state index is 0. The van der Waals surface area contributed by atoms with Gasteiger partial charge < -0.3 is 17.3 Å². The van der Waals surface area contributed by atoms with Gasteiger partial charge >= 0.3 is 37.7 Å². The maximum absolute atomic E-state index is 8.24. The summed E-state index contributed by atoms with van der Waals surface area (Å²) in [6, 6.07) is 0. The standard InChI is InChI=1S/CHO2.CH3.Ca/c2-1-3;;/h(H,2,3);1H3;/q2*-1;+2. The summed E-state index contributed by atoms with van der Waals surface area (Å²) in [7, 11) is 0. The molecule has 0 aliphatic heterocycles. The molecule has 0 atom stereocenters. The second kappa shape index (κ2) is 22.0. The summed E-state index contributed by atoms with van der Waals surface area (Å²) in [4.78, 5) is 8.24. The van der Waals surface area contributed by atoms with Gasteiger partial charge in [0.05, 0.1) is 0 Å². The Kier molecular flexibility index (Phi) is 75.7. The maximum atomic E-state index is 8.24. The van der Waals surface area contributed by atoms with Gasteiger partial charge in [-0.3, -0.25) is 0 Å². The first kappa shape index (κ1) is 17.2. The fourth-order valence-corrected chi connectivity index (χ4v) is 0. The van der Waals surface area contributed by atoms with Gasteiger partial charge in [-0.15, -0.1) is 0 Å². The molecule has 3 heteroatoms. The van der Waals surface area contributed by atoms with Gasteiger partial charge in [-0.2, -0.15) is 0 Å². The van der Waals surface area contributed by atoms with Crippen molar-refractivity contribution >= 4 is 44.2 Å². The fourth-order valence-electron chi connectivity index (χ4n) is 0. The van der Waals surface area contributed by atoms with Gasteiger partial charge in [0.2, 0.25) is 0 Å². The van der Waals surface area contributed by atoms with E-state index in [0.29, 0.717) is 6.47 Å². The van der Waals surface area contributed by atoms with Crippen LogP contribution in [-0.4, -0.2) is 49.3 Å². The molecule has 0 amide bonds. The zero-order chi connectivity index (χ0) is 2.71. The van der Waals surface area contributed by atoms with Crippen LogP contribution in [0.1, 0.15) is 0 Å². The molecule has 0 saturated carbocycles. The van der Waals surface area contributed by atoms with Crippen molar-refractivity contribution in [2.24, 2.45) is 0 Å². The predicted molar refractivity (Wildman–Crippen MR) is 20.5 cm³/mol. The second-order valence-electron chi connectivity index (χ2n) is 0.0913. The minimum Gasteiger partial charge on any atom is -0.665 e. The number of aliphatic hydroxyl groups excluding tert-OH is 1. The van der Waals surface area contributed by atoms with Crippen molar-refractivity contribution in [2.45, 2.75) is 0 Å². The SMILES string of the molecule is O=[C-]O.[CH3-].[Ca+2]. The van der Waals surface area contributed by atoms with Crippen LogP contribution in [0.25, 0.3) is 0 Å². The molecule has 26 valence electrons. The van der Waals surface area contributed by atoms with Crippen molar-refractivity contribution in [3.63, 3.8) is 0 Å². The molecule has 0 aromatic rings. The molecule has 0 radical (unpaired) electrons. The number of hydrogen-bond donors (Lipinski definition) is 1. The molecule has 1 N–H and O–H groups in total. The Morgan fingerprint density at radius 2 is 1.60 bits per heavy atom. The van der Waals surface area contributed by atoms with Gasteiger partial charge in [0.25, 0.3) is 0 Å². The summed E-state index contributed by atoms with van der Waals surface area (Å²) in [6.07, 6.45) is 0. The zero-order valence-corrected chi connectivity index (χ0v) is 5.27. The first-order chi connectivity index (χ1) is 1.41. The quantitative estimate of drug-likeness (QED) is 0.334. The van der Waals surface area contributed by atoms with E-state index in [0.717, 1.165) is 0 Å². The molecular formula is C2H4CaO2. The largest absolute Gasteiger partial charge is 2.00 e. The molecule has 0 bridgehead atoms. The average Bonchev–Trinajstić information content (AvgIpc) is 0.918. The summed E-state index contributed by atoms with van der Waals surface area (Å²) in [5.74, 6) is 0. The Labute approximate surface area is 61.2 Å². The van der Waals surface area contributed by atoms with Crippen molar-refractivity contribution < 1.29 is 9.90 Å². The minimum absolute atomic E-state index is 0. The summed E-state index contributed by atoms with van der Waals surface area (Å²) in [5.41, 5.74) is 0. The summed E-state index contributed by atoms with van der Waals surface area (Å²) in [6.45, 7) is 0.500. The first-order valence-corrected chi connectivity index (χ1v) is 0.428. The topological polar surface area (TPSA) is 37.3 Å². The van der Waals surface area contributed by atoms with Crippen molar-refractivity contribution in [1.29, 1.82) is 0 Å². The number of rotatable bonds is 0. The molecule has 5 heavy (non-hydrogen) atoms. The Hall–Kier alpha value is 0.730. The van der Waals surface area contributed by atoms with Crippen LogP contribution >= 0.6 is 0 Å².